The molecule has 14 heavy (non-hydrogen) atoms. The zero-order chi connectivity index (χ0) is 11.0. The van der Waals surface area contributed by atoms with E-state index in [1.54, 1.807) is 0 Å². The second kappa shape index (κ2) is 3.82. The lowest BCUT2D eigenvalue weighted by molar-refractivity contribution is -0.0766. The van der Waals surface area contributed by atoms with E-state index < -0.39 is 0 Å². The third-order valence-electron chi connectivity index (χ3n) is 3.26. The average Bonchev–Trinajstić information content (AvgIpc) is 2.19. The summed E-state index contributed by atoms with van der Waals surface area (Å²) in [5, 5.41) is 9.05. The predicted molar refractivity (Wildman–Crippen MR) is 58.2 cm³/mol. The van der Waals surface area contributed by atoms with E-state index in [0.29, 0.717) is 11.8 Å². The molecule has 2 nitrogen and oxygen atoms in total. The Morgan fingerprint density at radius 2 is 1.93 bits per heavy atom. The SMILES string of the molecule is CC(CO)CC1CC(C)(C)OC1(C)C. The third kappa shape index (κ3) is 2.71. The van der Waals surface area contributed by atoms with Gasteiger partial charge in [0.05, 0.1) is 11.2 Å². The number of aliphatic hydroxyl groups excluding tert-OH is 1. The molecule has 0 amide bonds. The molecule has 1 fully saturated rings. The Morgan fingerprint density at radius 1 is 1.36 bits per heavy atom. The fraction of sp³-hybridized carbons (Fsp3) is 1.00. The van der Waals surface area contributed by atoms with Crippen LogP contribution >= 0.6 is 0 Å². The van der Waals surface area contributed by atoms with Gasteiger partial charge in [-0.1, -0.05) is 6.92 Å². The van der Waals surface area contributed by atoms with Crippen LogP contribution < -0.4 is 0 Å². The number of aliphatic hydroxyl groups is 1. The molecular weight excluding hydrogens is 176 g/mol. The van der Waals surface area contributed by atoms with Crippen molar-refractivity contribution in [1.29, 1.82) is 0 Å². The summed E-state index contributed by atoms with van der Waals surface area (Å²) in [5.74, 6) is 0.955. The molecule has 1 N–H and O–H groups in total. The molecule has 1 heterocycles. The second-order valence-electron chi connectivity index (χ2n) is 5.89. The van der Waals surface area contributed by atoms with E-state index in [1.807, 2.05) is 0 Å². The van der Waals surface area contributed by atoms with Gasteiger partial charge in [0.2, 0.25) is 0 Å². The second-order valence-corrected chi connectivity index (χ2v) is 5.89. The highest BCUT2D eigenvalue weighted by atomic mass is 16.5. The zero-order valence-electron chi connectivity index (χ0n) is 10.1. The summed E-state index contributed by atoms with van der Waals surface area (Å²) < 4.78 is 6.01. The van der Waals surface area contributed by atoms with Crippen LogP contribution in [0.3, 0.4) is 0 Å². The minimum absolute atomic E-state index is 0.00332. The maximum absolute atomic E-state index is 9.05. The van der Waals surface area contributed by atoms with E-state index in [9.17, 15) is 0 Å². The van der Waals surface area contributed by atoms with Gasteiger partial charge >= 0.3 is 0 Å². The van der Waals surface area contributed by atoms with Crippen molar-refractivity contribution >= 4 is 0 Å². The van der Waals surface area contributed by atoms with Gasteiger partial charge in [-0.25, -0.2) is 0 Å². The summed E-state index contributed by atoms with van der Waals surface area (Å²) in [4.78, 5) is 0. The molecular formula is C12H24O2. The van der Waals surface area contributed by atoms with E-state index in [2.05, 4.69) is 34.6 Å². The maximum Gasteiger partial charge on any atom is 0.0662 e. The molecule has 84 valence electrons. The van der Waals surface area contributed by atoms with Crippen LogP contribution in [0.2, 0.25) is 0 Å². The van der Waals surface area contributed by atoms with Gasteiger partial charge in [0, 0.05) is 6.61 Å². The maximum atomic E-state index is 9.05. The predicted octanol–water partition coefficient (Wildman–Crippen LogP) is 2.60. The summed E-state index contributed by atoms with van der Waals surface area (Å²) in [6.45, 7) is 11.0. The Labute approximate surface area is 87.7 Å². The minimum atomic E-state index is -0.0348. The summed E-state index contributed by atoms with van der Waals surface area (Å²) in [6.07, 6.45) is 2.16. The molecule has 0 saturated carbocycles. The zero-order valence-corrected chi connectivity index (χ0v) is 10.1. The molecule has 2 unspecified atom stereocenters. The van der Waals surface area contributed by atoms with Crippen LogP contribution in [-0.4, -0.2) is 22.9 Å². The smallest absolute Gasteiger partial charge is 0.0662 e. The van der Waals surface area contributed by atoms with E-state index in [0.717, 1.165) is 12.8 Å². The van der Waals surface area contributed by atoms with E-state index >= 15 is 0 Å². The molecule has 1 saturated heterocycles. The van der Waals surface area contributed by atoms with Gasteiger partial charge in [-0.05, 0) is 52.4 Å². The fourth-order valence-corrected chi connectivity index (χ4v) is 2.60. The van der Waals surface area contributed by atoms with Gasteiger partial charge in [0.15, 0.2) is 0 Å². The molecule has 2 atom stereocenters. The van der Waals surface area contributed by atoms with Gasteiger partial charge in [0.1, 0.15) is 0 Å². The topological polar surface area (TPSA) is 29.5 Å². The molecule has 0 aromatic rings. The molecule has 1 aliphatic rings. The molecule has 0 radical (unpaired) electrons. The Bertz CT molecular complexity index is 196. The van der Waals surface area contributed by atoms with Crippen molar-refractivity contribution in [2.45, 2.75) is 58.7 Å². The first-order valence-electron chi connectivity index (χ1n) is 5.58. The number of ether oxygens (including phenoxy) is 1. The van der Waals surface area contributed by atoms with Gasteiger partial charge in [0.25, 0.3) is 0 Å². The Balaban J connectivity index is 2.61. The number of hydrogen-bond acceptors (Lipinski definition) is 2. The first kappa shape index (κ1) is 12.0. The lowest BCUT2D eigenvalue weighted by Crippen LogP contribution is -2.30. The Hall–Kier alpha value is -0.0800. The number of rotatable bonds is 3. The van der Waals surface area contributed by atoms with Crippen molar-refractivity contribution in [2.75, 3.05) is 6.61 Å². The van der Waals surface area contributed by atoms with Crippen LogP contribution in [-0.2, 0) is 4.74 Å². The van der Waals surface area contributed by atoms with Gasteiger partial charge in [-0.15, -0.1) is 0 Å². The van der Waals surface area contributed by atoms with Crippen molar-refractivity contribution in [3.8, 4) is 0 Å². The average molecular weight is 200 g/mol. The molecule has 2 heteroatoms. The largest absolute Gasteiger partial charge is 0.396 e. The molecule has 0 spiro atoms. The van der Waals surface area contributed by atoms with Crippen LogP contribution in [0.4, 0.5) is 0 Å². The van der Waals surface area contributed by atoms with Crippen molar-refractivity contribution in [1.82, 2.24) is 0 Å². The number of hydrogen-bond donors (Lipinski definition) is 1. The first-order chi connectivity index (χ1) is 6.27. The van der Waals surface area contributed by atoms with Crippen LogP contribution in [0.1, 0.15) is 47.5 Å². The normalized spacial score (nSPS) is 31.7. The lowest BCUT2D eigenvalue weighted by Gasteiger charge is -2.28. The Kier molecular flexibility index (Phi) is 3.27. The first-order valence-corrected chi connectivity index (χ1v) is 5.58. The quantitative estimate of drug-likeness (QED) is 0.759. The van der Waals surface area contributed by atoms with Crippen molar-refractivity contribution in [3.05, 3.63) is 0 Å². The van der Waals surface area contributed by atoms with E-state index in [1.165, 1.54) is 0 Å². The van der Waals surface area contributed by atoms with E-state index in [-0.39, 0.29) is 17.8 Å². The van der Waals surface area contributed by atoms with Crippen LogP contribution in [0.15, 0.2) is 0 Å². The summed E-state index contributed by atoms with van der Waals surface area (Å²) in [6, 6.07) is 0. The van der Waals surface area contributed by atoms with Crippen molar-refractivity contribution in [2.24, 2.45) is 11.8 Å². The third-order valence-corrected chi connectivity index (χ3v) is 3.26. The van der Waals surface area contributed by atoms with Gasteiger partial charge in [-0.2, -0.15) is 0 Å². The monoisotopic (exact) mass is 200 g/mol. The van der Waals surface area contributed by atoms with Crippen LogP contribution in [0.25, 0.3) is 0 Å². The lowest BCUT2D eigenvalue weighted by atomic mass is 9.81. The molecule has 0 aromatic heterocycles. The van der Waals surface area contributed by atoms with Crippen molar-refractivity contribution in [3.63, 3.8) is 0 Å². The standard InChI is InChI=1S/C12H24O2/c1-9(8-13)6-10-7-11(2,3)14-12(10,4)5/h9-10,13H,6-8H2,1-5H3. The fourth-order valence-electron chi connectivity index (χ4n) is 2.60. The van der Waals surface area contributed by atoms with Crippen molar-refractivity contribution < 1.29 is 9.84 Å². The molecule has 1 aliphatic heterocycles. The summed E-state index contributed by atoms with van der Waals surface area (Å²) in [7, 11) is 0. The molecule has 0 aliphatic carbocycles. The van der Waals surface area contributed by atoms with Crippen LogP contribution in [0, 0.1) is 11.8 Å². The van der Waals surface area contributed by atoms with Crippen LogP contribution in [0.5, 0.6) is 0 Å². The molecule has 0 bridgehead atoms. The minimum Gasteiger partial charge on any atom is -0.396 e. The van der Waals surface area contributed by atoms with Gasteiger partial charge < -0.3 is 9.84 Å². The molecule has 0 aromatic carbocycles. The summed E-state index contributed by atoms with van der Waals surface area (Å²) >= 11 is 0. The highest BCUT2D eigenvalue weighted by Crippen LogP contribution is 2.44. The highest BCUT2D eigenvalue weighted by molar-refractivity contribution is 4.94. The van der Waals surface area contributed by atoms with E-state index in [4.69, 9.17) is 9.84 Å². The highest BCUT2D eigenvalue weighted by Gasteiger charge is 2.45. The summed E-state index contributed by atoms with van der Waals surface area (Å²) in [5.41, 5.74) is -0.0315. The Morgan fingerprint density at radius 3 is 2.29 bits per heavy atom. The molecule has 1 rings (SSSR count). The van der Waals surface area contributed by atoms with Gasteiger partial charge in [-0.3, -0.25) is 0 Å².